The van der Waals surface area contributed by atoms with Crippen molar-refractivity contribution in [2.75, 3.05) is 26.7 Å². The standard InChI is InChI=1S/C16H27N5O2.HI/c1-3-8-21-9-6-12(7-10-21)20-16(18-2)19-11-13-4-5-14(23-13)15(17)22;/h4-5,12H,3,6-11H2,1-2H3,(H2,17,22)(H2,18,19,20);1H. The van der Waals surface area contributed by atoms with Crippen LogP contribution in [0.5, 0.6) is 0 Å². The summed E-state index contributed by atoms with van der Waals surface area (Å²) in [7, 11) is 1.75. The van der Waals surface area contributed by atoms with Crippen molar-refractivity contribution < 1.29 is 9.21 Å². The summed E-state index contributed by atoms with van der Waals surface area (Å²) in [5.41, 5.74) is 5.17. The lowest BCUT2D eigenvalue weighted by Gasteiger charge is -2.32. The summed E-state index contributed by atoms with van der Waals surface area (Å²) in [4.78, 5) is 17.8. The summed E-state index contributed by atoms with van der Waals surface area (Å²) in [5, 5.41) is 6.65. The Bertz CT molecular complexity index is 538. The average molecular weight is 449 g/mol. The van der Waals surface area contributed by atoms with Crippen LogP contribution in [0, 0.1) is 0 Å². The molecular weight excluding hydrogens is 421 g/mol. The molecule has 2 heterocycles. The molecule has 0 radical (unpaired) electrons. The molecule has 0 atom stereocenters. The summed E-state index contributed by atoms with van der Waals surface area (Å²) in [6.07, 6.45) is 3.44. The summed E-state index contributed by atoms with van der Waals surface area (Å²) < 4.78 is 5.34. The van der Waals surface area contributed by atoms with Gasteiger partial charge in [0.25, 0.3) is 5.91 Å². The minimum atomic E-state index is -0.558. The van der Waals surface area contributed by atoms with Crippen molar-refractivity contribution in [3.63, 3.8) is 0 Å². The average Bonchev–Trinajstić information content (AvgIpc) is 3.02. The fourth-order valence-corrected chi connectivity index (χ4v) is 2.78. The molecule has 0 spiro atoms. The SMILES string of the molecule is CCCN1CCC(NC(=NC)NCc2ccc(C(N)=O)o2)CC1.I. The number of aliphatic imine (C=N–C) groups is 1. The van der Waals surface area contributed by atoms with Crippen molar-refractivity contribution >= 4 is 35.8 Å². The maximum Gasteiger partial charge on any atom is 0.284 e. The Morgan fingerprint density at radius 3 is 2.67 bits per heavy atom. The lowest BCUT2D eigenvalue weighted by molar-refractivity contribution is 0.0972. The number of carbonyl (C=O) groups excluding carboxylic acids is 1. The first-order chi connectivity index (χ1) is 11.1. The van der Waals surface area contributed by atoms with Gasteiger partial charge in [0.2, 0.25) is 0 Å². The van der Waals surface area contributed by atoms with Gasteiger partial charge >= 0.3 is 0 Å². The molecule has 0 saturated carbocycles. The number of furan rings is 1. The molecule has 0 bridgehead atoms. The van der Waals surface area contributed by atoms with Crippen molar-refractivity contribution in [1.82, 2.24) is 15.5 Å². The molecule has 1 aliphatic rings. The second kappa shape index (κ2) is 10.5. The minimum absolute atomic E-state index is 0. The van der Waals surface area contributed by atoms with Crippen molar-refractivity contribution in [1.29, 1.82) is 0 Å². The number of nitrogens with two attached hydrogens (primary N) is 1. The zero-order chi connectivity index (χ0) is 16.7. The van der Waals surface area contributed by atoms with Crippen molar-refractivity contribution in [2.45, 2.75) is 38.8 Å². The van der Waals surface area contributed by atoms with Crippen molar-refractivity contribution in [2.24, 2.45) is 10.7 Å². The molecule has 1 amide bonds. The predicted molar refractivity (Wildman–Crippen MR) is 106 cm³/mol. The second-order valence-corrected chi connectivity index (χ2v) is 5.82. The van der Waals surface area contributed by atoms with Crippen LogP contribution in [0.1, 0.15) is 42.5 Å². The van der Waals surface area contributed by atoms with E-state index in [1.807, 2.05) is 0 Å². The van der Waals surface area contributed by atoms with E-state index in [9.17, 15) is 4.79 Å². The Kier molecular flexibility index (Phi) is 9.12. The normalized spacial score (nSPS) is 16.5. The Balaban J connectivity index is 0.00000288. The monoisotopic (exact) mass is 449 g/mol. The topological polar surface area (TPSA) is 95.9 Å². The van der Waals surface area contributed by atoms with Gasteiger partial charge in [0.1, 0.15) is 5.76 Å². The molecule has 24 heavy (non-hydrogen) atoms. The third kappa shape index (κ3) is 6.31. The van der Waals surface area contributed by atoms with Crippen LogP contribution in [0.15, 0.2) is 21.5 Å². The van der Waals surface area contributed by atoms with Gasteiger partial charge in [0, 0.05) is 26.2 Å². The maximum atomic E-state index is 11.0. The molecule has 0 unspecified atom stereocenters. The number of likely N-dealkylation sites (tertiary alicyclic amines) is 1. The smallest absolute Gasteiger partial charge is 0.284 e. The van der Waals surface area contributed by atoms with E-state index in [0.29, 0.717) is 18.3 Å². The highest BCUT2D eigenvalue weighted by Gasteiger charge is 2.19. The summed E-state index contributed by atoms with van der Waals surface area (Å²) in [6, 6.07) is 3.76. The molecule has 2 rings (SSSR count). The molecule has 1 fully saturated rings. The van der Waals surface area contributed by atoms with Crippen LogP contribution in [0.2, 0.25) is 0 Å². The minimum Gasteiger partial charge on any atom is -0.454 e. The highest BCUT2D eigenvalue weighted by molar-refractivity contribution is 14.0. The number of piperidine rings is 1. The molecule has 0 aliphatic carbocycles. The molecule has 1 aromatic heterocycles. The molecular formula is C16H28IN5O2. The van der Waals surface area contributed by atoms with Crippen LogP contribution >= 0.6 is 24.0 Å². The highest BCUT2D eigenvalue weighted by Crippen LogP contribution is 2.11. The molecule has 8 heteroatoms. The Labute approximate surface area is 160 Å². The largest absolute Gasteiger partial charge is 0.454 e. The van der Waals surface area contributed by atoms with Crippen LogP contribution in [-0.4, -0.2) is 49.5 Å². The fourth-order valence-electron chi connectivity index (χ4n) is 2.78. The number of amides is 1. The van der Waals surface area contributed by atoms with Crippen LogP contribution in [-0.2, 0) is 6.54 Å². The molecule has 0 aromatic carbocycles. The molecule has 1 aliphatic heterocycles. The number of nitrogens with one attached hydrogen (secondary N) is 2. The quantitative estimate of drug-likeness (QED) is 0.348. The highest BCUT2D eigenvalue weighted by atomic mass is 127. The van der Waals surface area contributed by atoms with Gasteiger partial charge in [-0.3, -0.25) is 9.79 Å². The van der Waals surface area contributed by atoms with Gasteiger partial charge in [0.15, 0.2) is 11.7 Å². The molecule has 1 saturated heterocycles. The molecule has 7 nitrogen and oxygen atoms in total. The van der Waals surface area contributed by atoms with E-state index < -0.39 is 5.91 Å². The van der Waals surface area contributed by atoms with Crippen LogP contribution in [0.4, 0.5) is 0 Å². The molecule has 4 N–H and O–H groups in total. The van der Waals surface area contributed by atoms with Gasteiger partial charge in [-0.25, -0.2) is 0 Å². The number of rotatable bonds is 6. The van der Waals surface area contributed by atoms with Gasteiger partial charge in [-0.1, -0.05) is 6.92 Å². The third-order valence-electron chi connectivity index (χ3n) is 4.03. The van der Waals surface area contributed by atoms with E-state index >= 15 is 0 Å². The maximum absolute atomic E-state index is 11.0. The first-order valence-electron chi connectivity index (χ1n) is 8.20. The number of primary amides is 1. The fraction of sp³-hybridized carbons (Fsp3) is 0.625. The van der Waals surface area contributed by atoms with Crippen LogP contribution in [0.25, 0.3) is 0 Å². The summed E-state index contributed by atoms with van der Waals surface area (Å²) in [6.45, 7) is 6.11. The zero-order valence-corrected chi connectivity index (χ0v) is 16.7. The van der Waals surface area contributed by atoms with Gasteiger partial charge in [0.05, 0.1) is 6.54 Å². The van der Waals surface area contributed by atoms with Crippen molar-refractivity contribution in [3.05, 3.63) is 23.7 Å². The number of guanidine groups is 1. The van der Waals surface area contributed by atoms with E-state index in [0.717, 1.165) is 31.9 Å². The third-order valence-corrected chi connectivity index (χ3v) is 4.03. The van der Waals surface area contributed by atoms with Crippen molar-refractivity contribution in [3.8, 4) is 0 Å². The lowest BCUT2D eigenvalue weighted by Crippen LogP contribution is -2.48. The number of nitrogens with zero attached hydrogens (tertiary/aromatic N) is 2. The number of hydrogen-bond donors (Lipinski definition) is 3. The zero-order valence-electron chi connectivity index (χ0n) is 14.4. The van der Waals surface area contributed by atoms with Gasteiger partial charge in [-0.2, -0.15) is 0 Å². The first kappa shape index (κ1) is 20.8. The van der Waals surface area contributed by atoms with E-state index in [4.69, 9.17) is 10.2 Å². The van der Waals surface area contributed by atoms with E-state index in [1.165, 1.54) is 13.0 Å². The van der Waals surface area contributed by atoms with Gasteiger partial charge < -0.3 is 25.7 Å². The summed E-state index contributed by atoms with van der Waals surface area (Å²) in [5.74, 6) is 1.01. The molecule has 1 aromatic rings. The van der Waals surface area contributed by atoms with Gasteiger partial charge in [-0.05, 0) is 37.9 Å². The van der Waals surface area contributed by atoms with Crippen LogP contribution in [0.3, 0.4) is 0 Å². The second-order valence-electron chi connectivity index (χ2n) is 5.82. The summed E-state index contributed by atoms with van der Waals surface area (Å²) >= 11 is 0. The molecule has 136 valence electrons. The van der Waals surface area contributed by atoms with Gasteiger partial charge in [-0.15, -0.1) is 24.0 Å². The Morgan fingerprint density at radius 2 is 2.12 bits per heavy atom. The predicted octanol–water partition coefficient (Wildman–Crippen LogP) is 1.54. The number of halogens is 1. The lowest BCUT2D eigenvalue weighted by atomic mass is 10.1. The first-order valence-corrected chi connectivity index (χ1v) is 8.20. The number of hydrogen-bond acceptors (Lipinski definition) is 4. The van der Waals surface area contributed by atoms with E-state index in [1.54, 1.807) is 19.2 Å². The Morgan fingerprint density at radius 1 is 1.42 bits per heavy atom. The van der Waals surface area contributed by atoms with E-state index in [2.05, 4.69) is 27.4 Å². The van der Waals surface area contributed by atoms with Crippen LogP contribution < -0.4 is 16.4 Å². The van der Waals surface area contributed by atoms with E-state index in [-0.39, 0.29) is 29.7 Å². The Hall–Kier alpha value is -1.29. The number of carbonyl (C=O) groups is 1.